The minimum absolute atomic E-state index is 0.0913. The van der Waals surface area contributed by atoms with Gasteiger partial charge in [-0.05, 0) is 38.1 Å². The maximum atomic E-state index is 14.5. The van der Waals surface area contributed by atoms with Crippen LogP contribution < -0.4 is 5.32 Å². The predicted molar refractivity (Wildman–Crippen MR) is 114 cm³/mol. The van der Waals surface area contributed by atoms with Crippen LogP contribution in [0.4, 0.5) is 4.39 Å². The number of amides is 1. The van der Waals surface area contributed by atoms with Crippen molar-refractivity contribution in [3.8, 4) is 11.3 Å². The lowest BCUT2D eigenvalue weighted by Gasteiger charge is -2.29. The standard InChI is InChI=1S/C23H23ClFN3O2/c24-18-9-6-10-19(25)23(18)20(28-11-4-5-12-28)15-26-22(29)14-17-13-21(30-27-17)16-7-2-1-3-8-16/h1-3,6-10,13,20H,4-5,11-12,14-15H2,(H,26,29). The Balaban J connectivity index is 1.42. The van der Waals surface area contributed by atoms with Crippen LogP contribution in [0.25, 0.3) is 11.3 Å². The van der Waals surface area contributed by atoms with Crippen molar-refractivity contribution in [3.05, 3.63) is 76.7 Å². The van der Waals surface area contributed by atoms with E-state index in [9.17, 15) is 9.18 Å². The van der Waals surface area contributed by atoms with Crippen LogP contribution in [0.3, 0.4) is 0 Å². The van der Waals surface area contributed by atoms with Gasteiger partial charge in [0.05, 0.1) is 18.2 Å². The maximum absolute atomic E-state index is 14.5. The Kier molecular flexibility index (Phi) is 6.45. The highest BCUT2D eigenvalue weighted by Gasteiger charge is 2.28. The van der Waals surface area contributed by atoms with E-state index in [4.69, 9.17) is 16.1 Å². The van der Waals surface area contributed by atoms with Crippen molar-refractivity contribution in [2.45, 2.75) is 25.3 Å². The monoisotopic (exact) mass is 427 g/mol. The predicted octanol–water partition coefficient (Wildman–Crippen LogP) is 4.63. The average molecular weight is 428 g/mol. The summed E-state index contributed by atoms with van der Waals surface area (Å²) >= 11 is 6.31. The highest BCUT2D eigenvalue weighted by atomic mass is 35.5. The van der Waals surface area contributed by atoms with Gasteiger partial charge >= 0.3 is 0 Å². The molecule has 4 rings (SSSR count). The molecule has 156 valence electrons. The first-order valence-corrected chi connectivity index (χ1v) is 10.5. The van der Waals surface area contributed by atoms with Gasteiger partial charge in [0.2, 0.25) is 5.91 Å². The number of nitrogens with one attached hydrogen (secondary N) is 1. The molecule has 1 fully saturated rings. The Morgan fingerprint density at radius 1 is 1.17 bits per heavy atom. The zero-order chi connectivity index (χ0) is 20.9. The number of carbonyl (C=O) groups is 1. The second-order valence-corrected chi connectivity index (χ2v) is 7.83. The highest BCUT2D eigenvalue weighted by molar-refractivity contribution is 6.31. The van der Waals surface area contributed by atoms with E-state index in [1.54, 1.807) is 18.2 Å². The number of carbonyl (C=O) groups excluding carboxylic acids is 1. The number of benzene rings is 2. The second kappa shape index (κ2) is 9.41. The van der Waals surface area contributed by atoms with Gasteiger partial charge in [0, 0.05) is 28.8 Å². The molecule has 30 heavy (non-hydrogen) atoms. The van der Waals surface area contributed by atoms with Crippen molar-refractivity contribution < 1.29 is 13.7 Å². The summed E-state index contributed by atoms with van der Waals surface area (Å²) in [6, 6.07) is 15.7. The molecule has 1 saturated heterocycles. The van der Waals surface area contributed by atoms with Crippen molar-refractivity contribution in [1.82, 2.24) is 15.4 Å². The Morgan fingerprint density at radius 3 is 2.67 bits per heavy atom. The normalized spacial score (nSPS) is 15.3. The molecule has 7 heteroatoms. The first-order valence-electron chi connectivity index (χ1n) is 10.1. The fraction of sp³-hybridized carbons (Fsp3) is 0.304. The molecular formula is C23H23ClFN3O2. The average Bonchev–Trinajstić information content (AvgIpc) is 3.43. The third kappa shape index (κ3) is 4.71. The zero-order valence-corrected chi connectivity index (χ0v) is 17.2. The van der Waals surface area contributed by atoms with Crippen LogP contribution in [0.15, 0.2) is 59.1 Å². The Morgan fingerprint density at radius 2 is 1.93 bits per heavy atom. The van der Waals surface area contributed by atoms with Gasteiger partial charge in [0.25, 0.3) is 0 Å². The van der Waals surface area contributed by atoms with Gasteiger partial charge in [0.1, 0.15) is 5.82 Å². The summed E-state index contributed by atoms with van der Waals surface area (Å²) in [5.74, 6) is 0.0729. The van der Waals surface area contributed by atoms with Crippen LogP contribution >= 0.6 is 11.6 Å². The fourth-order valence-corrected chi connectivity index (χ4v) is 4.16. The molecule has 0 saturated carbocycles. The van der Waals surface area contributed by atoms with Gasteiger partial charge in [-0.2, -0.15) is 0 Å². The molecule has 2 heterocycles. The van der Waals surface area contributed by atoms with E-state index in [0.29, 0.717) is 22.0 Å². The van der Waals surface area contributed by atoms with E-state index in [0.717, 1.165) is 31.5 Å². The molecule has 0 radical (unpaired) electrons. The number of likely N-dealkylation sites (tertiary alicyclic amines) is 1. The van der Waals surface area contributed by atoms with Crippen LogP contribution in [0, 0.1) is 5.82 Å². The Labute approximate surface area is 179 Å². The molecule has 2 aromatic carbocycles. The Hall–Kier alpha value is -2.70. The van der Waals surface area contributed by atoms with E-state index in [2.05, 4.69) is 15.4 Å². The molecular weight excluding hydrogens is 405 g/mol. The molecule has 1 amide bonds. The van der Waals surface area contributed by atoms with Gasteiger partial charge in [-0.15, -0.1) is 0 Å². The van der Waals surface area contributed by atoms with Crippen molar-refractivity contribution in [1.29, 1.82) is 0 Å². The van der Waals surface area contributed by atoms with Crippen molar-refractivity contribution in [3.63, 3.8) is 0 Å². The molecule has 5 nitrogen and oxygen atoms in total. The lowest BCUT2D eigenvalue weighted by Crippen LogP contribution is -2.38. The molecule has 3 aromatic rings. The summed E-state index contributed by atoms with van der Waals surface area (Å²) in [7, 11) is 0. The second-order valence-electron chi connectivity index (χ2n) is 7.42. The van der Waals surface area contributed by atoms with Crippen molar-refractivity contribution in [2.24, 2.45) is 0 Å². The molecule has 0 aliphatic carbocycles. The number of rotatable bonds is 7. The summed E-state index contributed by atoms with van der Waals surface area (Å²) in [5, 5.41) is 7.30. The van der Waals surface area contributed by atoms with Crippen molar-refractivity contribution in [2.75, 3.05) is 19.6 Å². The molecule has 0 bridgehead atoms. The molecule has 1 aliphatic heterocycles. The number of hydrogen-bond donors (Lipinski definition) is 1. The lowest BCUT2D eigenvalue weighted by atomic mass is 10.0. The van der Waals surface area contributed by atoms with Crippen LogP contribution in [-0.2, 0) is 11.2 Å². The molecule has 1 aliphatic rings. The van der Waals surface area contributed by atoms with Crippen LogP contribution in [-0.4, -0.2) is 35.6 Å². The Bertz CT molecular complexity index is 982. The quantitative estimate of drug-likeness (QED) is 0.597. The van der Waals surface area contributed by atoms with Crippen LogP contribution in [0.2, 0.25) is 5.02 Å². The molecule has 1 unspecified atom stereocenters. The van der Waals surface area contributed by atoms with E-state index < -0.39 is 0 Å². The van der Waals surface area contributed by atoms with E-state index in [1.807, 2.05) is 30.3 Å². The number of aromatic nitrogens is 1. The smallest absolute Gasteiger partial charge is 0.226 e. The first-order chi connectivity index (χ1) is 14.6. The van der Waals surface area contributed by atoms with Crippen molar-refractivity contribution >= 4 is 17.5 Å². The van der Waals surface area contributed by atoms with Gasteiger partial charge in [-0.1, -0.05) is 53.2 Å². The molecule has 1 aromatic heterocycles. The maximum Gasteiger partial charge on any atom is 0.226 e. The summed E-state index contributed by atoms with van der Waals surface area (Å²) in [6.45, 7) is 1.99. The topological polar surface area (TPSA) is 58.4 Å². The molecule has 1 N–H and O–H groups in total. The summed E-state index contributed by atoms with van der Waals surface area (Å²) in [6.07, 6.45) is 2.20. The van der Waals surface area contributed by atoms with E-state index in [1.165, 1.54) is 6.07 Å². The van der Waals surface area contributed by atoms with E-state index in [-0.39, 0.29) is 30.7 Å². The fourth-order valence-electron chi connectivity index (χ4n) is 3.87. The lowest BCUT2D eigenvalue weighted by molar-refractivity contribution is -0.120. The number of halogens is 2. The minimum Gasteiger partial charge on any atom is -0.356 e. The van der Waals surface area contributed by atoms with Crippen LogP contribution in [0.1, 0.15) is 30.1 Å². The van der Waals surface area contributed by atoms with Gasteiger partial charge in [-0.3, -0.25) is 9.69 Å². The van der Waals surface area contributed by atoms with Gasteiger partial charge < -0.3 is 9.84 Å². The largest absolute Gasteiger partial charge is 0.356 e. The third-order valence-electron chi connectivity index (χ3n) is 5.37. The first kappa shape index (κ1) is 20.6. The third-order valence-corrected chi connectivity index (χ3v) is 5.70. The SMILES string of the molecule is O=C(Cc1cc(-c2ccccc2)on1)NCC(c1c(F)cccc1Cl)N1CCCC1. The summed E-state index contributed by atoms with van der Waals surface area (Å²) < 4.78 is 19.9. The summed E-state index contributed by atoms with van der Waals surface area (Å²) in [4.78, 5) is 14.7. The van der Waals surface area contributed by atoms with Gasteiger partial charge in [-0.25, -0.2) is 4.39 Å². The number of nitrogens with zero attached hydrogens (tertiary/aromatic N) is 2. The van der Waals surface area contributed by atoms with E-state index >= 15 is 0 Å². The molecule has 0 spiro atoms. The zero-order valence-electron chi connectivity index (χ0n) is 16.5. The minimum atomic E-state index is -0.349. The molecule has 1 atom stereocenters. The van der Waals surface area contributed by atoms with Crippen LogP contribution in [0.5, 0.6) is 0 Å². The summed E-state index contributed by atoms with van der Waals surface area (Å²) in [5.41, 5.74) is 1.89. The van der Waals surface area contributed by atoms with Gasteiger partial charge in [0.15, 0.2) is 5.76 Å². The highest BCUT2D eigenvalue weighted by Crippen LogP contribution is 2.32. The number of hydrogen-bond acceptors (Lipinski definition) is 4.